The smallest absolute Gasteiger partial charge is 0.280 e. The highest BCUT2D eigenvalue weighted by Gasteiger charge is 2.22. The number of phenolic OH excluding ortho intramolecular Hbond substituents is 1. The molecule has 35 heavy (non-hydrogen) atoms. The molecule has 4 rings (SSSR count). The van der Waals surface area contributed by atoms with Crippen LogP contribution in [0, 0.1) is 0 Å². The summed E-state index contributed by atoms with van der Waals surface area (Å²) in [4.78, 5) is 12.8. The highest BCUT2D eigenvalue weighted by molar-refractivity contribution is 7.92. The summed E-state index contributed by atoms with van der Waals surface area (Å²) >= 11 is 0. The summed E-state index contributed by atoms with van der Waals surface area (Å²) < 4.78 is 40.3. The van der Waals surface area contributed by atoms with E-state index in [2.05, 4.69) is 15.1 Å². The summed E-state index contributed by atoms with van der Waals surface area (Å²) in [5, 5.41) is 17.1. The Morgan fingerprint density at radius 1 is 0.914 bits per heavy atom. The first kappa shape index (κ1) is 23.6. The maximum Gasteiger partial charge on any atom is 0.280 e. The number of nitrogens with zero attached hydrogens (tertiary/aromatic N) is 2. The van der Waals surface area contributed by atoms with Crippen molar-refractivity contribution in [2.24, 2.45) is 0 Å². The van der Waals surface area contributed by atoms with Crippen molar-refractivity contribution in [3.63, 3.8) is 0 Å². The lowest BCUT2D eigenvalue weighted by Crippen LogP contribution is -2.16. The quantitative estimate of drug-likeness (QED) is 0.319. The van der Waals surface area contributed by atoms with Crippen molar-refractivity contribution in [1.82, 2.24) is 9.78 Å². The second-order valence-electron chi connectivity index (χ2n) is 7.27. The molecule has 180 valence electrons. The number of sulfonamides is 1. The number of aromatic hydroxyl groups is 1. The monoisotopic (exact) mass is 494 g/mol. The molecule has 10 nitrogen and oxygen atoms in total. The van der Waals surface area contributed by atoms with Crippen LogP contribution in [0.3, 0.4) is 0 Å². The number of nitrogens with one attached hydrogen (secondary N) is 2. The predicted octanol–water partition coefficient (Wildman–Crippen LogP) is 3.65. The Morgan fingerprint density at radius 2 is 1.60 bits per heavy atom. The Bertz CT molecular complexity index is 1470. The fraction of sp³-hybridized carbons (Fsp3) is 0.0833. The first-order valence-electron chi connectivity index (χ1n) is 10.3. The molecule has 0 bridgehead atoms. The van der Waals surface area contributed by atoms with Crippen molar-refractivity contribution in [3.8, 4) is 22.9 Å². The molecule has 3 aromatic carbocycles. The molecule has 0 saturated heterocycles. The second-order valence-corrected chi connectivity index (χ2v) is 8.95. The van der Waals surface area contributed by atoms with Gasteiger partial charge in [-0.2, -0.15) is 5.10 Å². The Balaban J connectivity index is 1.61. The van der Waals surface area contributed by atoms with Gasteiger partial charge < -0.3 is 19.9 Å². The highest BCUT2D eigenvalue weighted by atomic mass is 32.2. The first-order valence-corrected chi connectivity index (χ1v) is 11.8. The Kier molecular flexibility index (Phi) is 6.60. The molecule has 1 heterocycles. The predicted molar refractivity (Wildman–Crippen MR) is 130 cm³/mol. The number of para-hydroxylation sites is 3. The number of amides is 1. The minimum Gasteiger partial charge on any atom is -0.506 e. The first-order chi connectivity index (χ1) is 16.8. The van der Waals surface area contributed by atoms with Crippen molar-refractivity contribution in [1.29, 1.82) is 0 Å². The molecule has 3 N–H and O–H groups in total. The molecule has 0 aliphatic rings. The average molecular weight is 495 g/mol. The highest BCUT2D eigenvalue weighted by Crippen LogP contribution is 2.31. The van der Waals surface area contributed by atoms with E-state index < -0.39 is 15.9 Å². The maximum absolute atomic E-state index is 13.0. The summed E-state index contributed by atoms with van der Waals surface area (Å²) in [6, 6.07) is 19.2. The second kappa shape index (κ2) is 9.77. The van der Waals surface area contributed by atoms with Gasteiger partial charge in [0, 0.05) is 0 Å². The van der Waals surface area contributed by atoms with Gasteiger partial charge in [0.15, 0.2) is 11.4 Å². The fourth-order valence-electron chi connectivity index (χ4n) is 3.27. The molecule has 0 aliphatic heterocycles. The van der Waals surface area contributed by atoms with E-state index in [9.17, 15) is 18.3 Å². The number of hydrogen-bond donors (Lipinski definition) is 3. The van der Waals surface area contributed by atoms with E-state index in [0.29, 0.717) is 11.4 Å². The third kappa shape index (κ3) is 5.04. The summed E-state index contributed by atoms with van der Waals surface area (Å²) in [7, 11) is -1.24. The van der Waals surface area contributed by atoms with Crippen molar-refractivity contribution in [3.05, 3.63) is 84.7 Å². The number of ether oxygens (including phenoxy) is 2. The van der Waals surface area contributed by atoms with E-state index >= 15 is 0 Å². The molecule has 1 amide bonds. The summed E-state index contributed by atoms with van der Waals surface area (Å²) in [5.74, 6) is -0.480. The topological polar surface area (TPSA) is 132 Å². The van der Waals surface area contributed by atoms with Gasteiger partial charge in [0.05, 0.1) is 42.4 Å². The molecule has 1 aromatic heterocycles. The fourth-order valence-corrected chi connectivity index (χ4v) is 4.37. The van der Waals surface area contributed by atoms with Crippen LogP contribution in [-0.4, -0.2) is 43.4 Å². The van der Waals surface area contributed by atoms with Gasteiger partial charge >= 0.3 is 0 Å². The van der Waals surface area contributed by atoms with Gasteiger partial charge in [0.25, 0.3) is 15.9 Å². The molecule has 0 atom stereocenters. The third-order valence-corrected chi connectivity index (χ3v) is 6.38. The maximum atomic E-state index is 13.0. The standard InChI is InChI=1S/C24H22N4O6S/c1-33-21-11-7-6-10-18(21)27-35(31,32)17-12-13-20(29)19(14-17)25-24(30)23-22(34-2)15-28(26-23)16-8-4-3-5-9-16/h3-15,27,29H,1-2H3,(H,25,30). The van der Waals surface area contributed by atoms with E-state index in [-0.39, 0.29) is 33.5 Å². The number of carbonyl (C=O) groups is 1. The molecule has 0 unspecified atom stereocenters. The molecule has 0 radical (unpaired) electrons. The van der Waals surface area contributed by atoms with Crippen molar-refractivity contribution in [2.45, 2.75) is 4.90 Å². The average Bonchev–Trinajstić information content (AvgIpc) is 3.31. The number of rotatable bonds is 8. The van der Waals surface area contributed by atoms with Crippen molar-refractivity contribution >= 4 is 27.3 Å². The Labute approximate surface area is 201 Å². The summed E-state index contributed by atoms with van der Waals surface area (Å²) in [6.45, 7) is 0. The van der Waals surface area contributed by atoms with Crippen LogP contribution in [0.4, 0.5) is 11.4 Å². The SMILES string of the molecule is COc1ccccc1NS(=O)(=O)c1ccc(O)c(NC(=O)c2nn(-c3ccccc3)cc2OC)c1. The molecule has 0 aliphatic carbocycles. The van der Waals surface area contributed by atoms with E-state index in [1.54, 1.807) is 30.5 Å². The number of carbonyl (C=O) groups excluding carboxylic acids is 1. The molecule has 4 aromatic rings. The van der Waals surface area contributed by atoms with Gasteiger partial charge in [0.2, 0.25) is 0 Å². The number of aromatic nitrogens is 2. The van der Waals surface area contributed by atoms with Crippen LogP contribution in [-0.2, 0) is 10.0 Å². The Morgan fingerprint density at radius 3 is 2.31 bits per heavy atom. The number of benzene rings is 3. The lowest BCUT2D eigenvalue weighted by Gasteiger charge is -2.13. The largest absolute Gasteiger partial charge is 0.506 e. The van der Waals surface area contributed by atoms with E-state index in [1.165, 1.54) is 31.0 Å². The van der Waals surface area contributed by atoms with Crippen LogP contribution in [0.2, 0.25) is 0 Å². The van der Waals surface area contributed by atoms with Crippen molar-refractivity contribution in [2.75, 3.05) is 24.3 Å². The number of hydrogen-bond acceptors (Lipinski definition) is 7. The van der Waals surface area contributed by atoms with Gasteiger partial charge in [0.1, 0.15) is 11.5 Å². The molecule has 0 saturated carbocycles. The van der Waals surface area contributed by atoms with Crippen LogP contribution in [0.1, 0.15) is 10.5 Å². The lowest BCUT2D eigenvalue weighted by atomic mass is 10.2. The van der Waals surface area contributed by atoms with E-state index in [0.717, 1.165) is 6.07 Å². The molecular weight excluding hydrogens is 472 g/mol. The molecule has 0 spiro atoms. The third-order valence-electron chi connectivity index (χ3n) is 5.01. The van der Waals surface area contributed by atoms with Gasteiger partial charge in [-0.25, -0.2) is 13.1 Å². The minimum atomic E-state index is -4.07. The van der Waals surface area contributed by atoms with Crippen molar-refractivity contribution < 1.29 is 27.8 Å². The van der Waals surface area contributed by atoms with Gasteiger partial charge in [-0.15, -0.1) is 0 Å². The molecular formula is C24H22N4O6S. The summed E-state index contributed by atoms with van der Waals surface area (Å²) in [5.41, 5.74) is 0.790. The minimum absolute atomic E-state index is 0.0452. The molecule has 11 heteroatoms. The number of phenols is 1. The normalized spacial score (nSPS) is 11.0. The zero-order valence-corrected chi connectivity index (χ0v) is 19.6. The zero-order chi connectivity index (χ0) is 25.0. The lowest BCUT2D eigenvalue weighted by molar-refractivity contribution is 0.101. The van der Waals surface area contributed by atoms with Crippen LogP contribution in [0.5, 0.6) is 17.2 Å². The molecule has 0 fully saturated rings. The van der Waals surface area contributed by atoms with Crippen LogP contribution >= 0.6 is 0 Å². The van der Waals surface area contributed by atoms with Crippen LogP contribution < -0.4 is 19.5 Å². The van der Waals surface area contributed by atoms with Gasteiger partial charge in [-0.3, -0.25) is 9.52 Å². The van der Waals surface area contributed by atoms with Gasteiger partial charge in [-0.1, -0.05) is 30.3 Å². The van der Waals surface area contributed by atoms with E-state index in [4.69, 9.17) is 9.47 Å². The zero-order valence-electron chi connectivity index (χ0n) is 18.8. The van der Waals surface area contributed by atoms with E-state index in [1.807, 2.05) is 30.3 Å². The number of methoxy groups -OCH3 is 2. The Hall–Kier alpha value is -4.51. The van der Waals surface area contributed by atoms with Gasteiger partial charge in [-0.05, 0) is 42.5 Å². The number of anilines is 2. The van der Waals surface area contributed by atoms with Crippen LogP contribution in [0.25, 0.3) is 5.69 Å². The summed E-state index contributed by atoms with van der Waals surface area (Å²) in [6.07, 6.45) is 1.54. The van der Waals surface area contributed by atoms with Crippen LogP contribution in [0.15, 0.2) is 83.9 Å².